The van der Waals surface area contributed by atoms with Gasteiger partial charge in [-0.1, -0.05) is 17.8 Å². The minimum atomic E-state index is -0.820. The maximum atomic E-state index is 12.6. The smallest absolute Gasteiger partial charge is 0.414 e. The standard InChI is InChI=1S/C17H17N3O4S2/c1-3-24-17(23)20-13(21)10-6-7-25-15(10)19-14(22)16-18-11-5-4-9(2)8-12(11)26-16/h4-8,16,18H,3H2,1-2H3,(H,19,22)(H,20,21,23). The zero-order valence-corrected chi connectivity index (χ0v) is 15.8. The van der Waals surface area contributed by atoms with Crippen LogP contribution in [0, 0.1) is 6.92 Å². The van der Waals surface area contributed by atoms with Crippen LogP contribution in [0.25, 0.3) is 0 Å². The lowest BCUT2D eigenvalue weighted by Crippen LogP contribution is -2.32. The number of amides is 3. The molecular formula is C17H17N3O4S2. The highest BCUT2D eigenvalue weighted by atomic mass is 32.2. The van der Waals surface area contributed by atoms with Crippen molar-refractivity contribution in [3.8, 4) is 0 Å². The van der Waals surface area contributed by atoms with E-state index in [1.807, 2.05) is 25.1 Å². The van der Waals surface area contributed by atoms with Crippen LogP contribution in [0.1, 0.15) is 22.8 Å². The van der Waals surface area contributed by atoms with Crippen molar-refractivity contribution in [3.63, 3.8) is 0 Å². The van der Waals surface area contributed by atoms with Gasteiger partial charge in [-0.05, 0) is 43.0 Å². The Kier molecular flexibility index (Phi) is 5.48. The number of rotatable bonds is 4. The average Bonchev–Trinajstić information content (AvgIpc) is 3.21. The van der Waals surface area contributed by atoms with Crippen molar-refractivity contribution in [1.82, 2.24) is 5.32 Å². The summed E-state index contributed by atoms with van der Waals surface area (Å²) in [6.07, 6.45) is -0.820. The van der Waals surface area contributed by atoms with Gasteiger partial charge in [-0.2, -0.15) is 0 Å². The van der Waals surface area contributed by atoms with Crippen LogP contribution in [0.2, 0.25) is 0 Å². The van der Waals surface area contributed by atoms with Crippen LogP contribution >= 0.6 is 23.1 Å². The third kappa shape index (κ3) is 4.00. The number of hydrogen-bond acceptors (Lipinski definition) is 7. The van der Waals surface area contributed by atoms with Crippen LogP contribution < -0.4 is 16.0 Å². The molecule has 1 unspecified atom stereocenters. The third-order valence-corrected chi connectivity index (χ3v) is 5.53. The van der Waals surface area contributed by atoms with E-state index in [2.05, 4.69) is 16.0 Å². The lowest BCUT2D eigenvalue weighted by molar-refractivity contribution is -0.115. The molecule has 3 N–H and O–H groups in total. The number of carbonyl (C=O) groups excluding carboxylic acids is 3. The van der Waals surface area contributed by atoms with Gasteiger partial charge in [0.25, 0.3) is 11.8 Å². The predicted octanol–water partition coefficient (Wildman–Crippen LogP) is 3.43. The molecule has 136 valence electrons. The van der Waals surface area contributed by atoms with E-state index in [1.165, 1.54) is 23.1 Å². The Morgan fingerprint density at radius 3 is 2.85 bits per heavy atom. The van der Waals surface area contributed by atoms with E-state index in [4.69, 9.17) is 4.74 Å². The molecule has 1 aliphatic rings. The summed E-state index contributed by atoms with van der Waals surface area (Å²) in [7, 11) is 0. The summed E-state index contributed by atoms with van der Waals surface area (Å²) in [4.78, 5) is 37.1. The molecule has 0 saturated heterocycles. The van der Waals surface area contributed by atoms with E-state index < -0.39 is 17.4 Å². The predicted molar refractivity (Wildman–Crippen MR) is 102 cm³/mol. The van der Waals surface area contributed by atoms with Gasteiger partial charge in [0.1, 0.15) is 5.00 Å². The van der Waals surface area contributed by atoms with Crippen molar-refractivity contribution < 1.29 is 19.1 Å². The summed E-state index contributed by atoms with van der Waals surface area (Å²) in [5.74, 6) is -0.887. The summed E-state index contributed by atoms with van der Waals surface area (Å²) in [6.45, 7) is 3.80. The number of hydrogen-bond donors (Lipinski definition) is 3. The first-order valence-electron chi connectivity index (χ1n) is 7.88. The topological polar surface area (TPSA) is 96.5 Å². The Balaban J connectivity index is 1.65. The van der Waals surface area contributed by atoms with Crippen molar-refractivity contribution in [3.05, 3.63) is 40.8 Å². The molecule has 3 rings (SSSR count). The fourth-order valence-corrected chi connectivity index (χ4v) is 4.25. The minimum absolute atomic E-state index is 0.164. The first-order chi connectivity index (χ1) is 12.5. The van der Waals surface area contributed by atoms with Gasteiger partial charge >= 0.3 is 6.09 Å². The number of aryl methyl sites for hydroxylation is 1. The molecule has 3 amide bonds. The largest absolute Gasteiger partial charge is 0.450 e. The number of anilines is 2. The van der Waals surface area contributed by atoms with E-state index in [0.29, 0.717) is 5.00 Å². The van der Waals surface area contributed by atoms with Crippen molar-refractivity contribution >= 4 is 51.7 Å². The second kappa shape index (κ2) is 7.79. The molecule has 0 aliphatic carbocycles. The molecule has 1 aromatic carbocycles. The lowest BCUT2D eigenvalue weighted by Gasteiger charge is -2.11. The molecular weight excluding hydrogens is 374 g/mol. The maximum absolute atomic E-state index is 12.6. The molecule has 1 atom stereocenters. The fourth-order valence-electron chi connectivity index (χ4n) is 2.35. The Morgan fingerprint density at radius 1 is 1.27 bits per heavy atom. The third-order valence-electron chi connectivity index (χ3n) is 3.54. The number of thiophene rings is 1. The van der Waals surface area contributed by atoms with Gasteiger partial charge in [-0.25, -0.2) is 4.79 Å². The van der Waals surface area contributed by atoms with Crippen molar-refractivity contribution in [2.75, 3.05) is 17.2 Å². The number of benzene rings is 1. The highest BCUT2D eigenvalue weighted by Crippen LogP contribution is 2.39. The van der Waals surface area contributed by atoms with Gasteiger partial charge in [0.2, 0.25) is 0 Å². The highest BCUT2D eigenvalue weighted by molar-refractivity contribution is 8.01. The Hall–Kier alpha value is -2.52. The molecule has 2 aromatic rings. The van der Waals surface area contributed by atoms with Gasteiger partial charge in [0, 0.05) is 10.6 Å². The second-order valence-corrected chi connectivity index (χ2v) is 7.53. The molecule has 0 spiro atoms. The molecule has 9 heteroatoms. The van der Waals surface area contributed by atoms with Gasteiger partial charge < -0.3 is 15.4 Å². The van der Waals surface area contributed by atoms with Gasteiger partial charge in [0.05, 0.1) is 12.2 Å². The maximum Gasteiger partial charge on any atom is 0.414 e. The number of fused-ring (bicyclic) bond motifs is 1. The number of thioether (sulfide) groups is 1. The van der Waals surface area contributed by atoms with Gasteiger partial charge in [-0.15, -0.1) is 11.3 Å². The molecule has 26 heavy (non-hydrogen) atoms. The van der Waals surface area contributed by atoms with Crippen LogP contribution in [0.15, 0.2) is 34.5 Å². The number of alkyl carbamates (subject to hydrolysis) is 1. The van der Waals surface area contributed by atoms with Gasteiger partial charge in [-0.3, -0.25) is 14.9 Å². The molecule has 1 aliphatic heterocycles. The fraction of sp³-hybridized carbons (Fsp3) is 0.235. The molecule has 2 heterocycles. The van der Waals surface area contributed by atoms with E-state index in [-0.39, 0.29) is 18.1 Å². The summed E-state index contributed by atoms with van der Waals surface area (Å²) in [5, 5.41) is 9.58. The molecule has 0 radical (unpaired) electrons. The minimum Gasteiger partial charge on any atom is -0.450 e. The zero-order valence-electron chi connectivity index (χ0n) is 14.1. The Morgan fingerprint density at radius 2 is 2.08 bits per heavy atom. The van der Waals surface area contributed by atoms with Crippen LogP contribution in [-0.2, 0) is 9.53 Å². The Bertz CT molecular complexity index is 865. The van der Waals surface area contributed by atoms with E-state index in [9.17, 15) is 14.4 Å². The molecule has 0 saturated carbocycles. The number of imide groups is 1. The number of nitrogens with one attached hydrogen (secondary N) is 3. The first-order valence-corrected chi connectivity index (χ1v) is 9.64. The SMILES string of the molecule is CCOC(=O)NC(=O)c1ccsc1NC(=O)C1Nc2ccc(C)cc2S1. The monoisotopic (exact) mass is 391 g/mol. The van der Waals surface area contributed by atoms with Gasteiger partial charge in [0.15, 0.2) is 5.37 Å². The summed E-state index contributed by atoms with van der Waals surface area (Å²) in [6, 6.07) is 7.48. The Labute approximate surface area is 158 Å². The van der Waals surface area contributed by atoms with Crippen LogP contribution in [-0.4, -0.2) is 29.9 Å². The van der Waals surface area contributed by atoms with Crippen LogP contribution in [0.5, 0.6) is 0 Å². The highest BCUT2D eigenvalue weighted by Gasteiger charge is 2.29. The second-order valence-electron chi connectivity index (χ2n) is 5.47. The number of carbonyl (C=O) groups is 3. The summed E-state index contributed by atoms with van der Waals surface area (Å²) >= 11 is 2.63. The normalized spacial score (nSPS) is 14.9. The van der Waals surface area contributed by atoms with Crippen molar-refractivity contribution in [2.24, 2.45) is 0 Å². The molecule has 7 nitrogen and oxygen atoms in total. The van der Waals surface area contributed by atoms with E-state index in [1.54, 1.807) is 18.4 Å². The zero-order chi connectivity index (χ0) is 18.7. The summed E-state index contributed by atoms with van der Waals surface area (Å²) in [5.41, 5.74) is 2.25. The molecule has 0 bridgehead atoms. The van der Waals surface area contributed by atoms with Crippen LogP contribution in [0.4, 0.5) is 15.5 Å². The quantitative estimate of drug-likeness (QED) is 0.739. The number of ether oxygens (including phenoxy) is 1. The van der Waals surface area contributed by atoms with Crippen molar-refractivity contribution in [1.29, 1.82) is 0 Å². The first kappa shape index (κ1) is 18.3. The van der Waals surface area contributed by atoms with E-state index in [0.717, 1.165) is 16.1 Å². The summed E-state index contributed by atoms with van der Waals surface area (Å²) < 4.78 is 4.69. The van der Waals surface area contributed by atoms with E-state index >= 15 is 0 Å². The average molecular weight is 391 g/mol. The molecule has 0 fully saturated rings. The van der Waals surface area contributed by atoms with Crippen molar-refractivity contribution in [2.45, 2.75) is 24.1 Å². The van der Waals surface area contributed by atoms with Crippen LogP contribution in [0.3, 0.4) is 0 Å². The molecule has 1 aromatic heterocycles. The lowest BCUT2D eigenvalue weighted by atomic mass is 10.2.